The van der Waals surface area contributed by atoms with Crippen LogP contribution in [0.2, 0.25) is 0 Å². The lowest BCUT2D eigenvalue weighted by atomic mass is 10.1. The van der Waals surface area contributed by atoms with Gasteiger partial charge >= 0.3 is 6.03 Å². The van der Waals surface area contributed by atoms with Crippen LogP contribution in [0.4, 0.5) is 14.9 Å². The lowest BCUT2D eigenvalue weighted by molar-refractivity contribution is 0.246. The first-order chi connectivity index (χ1) is 11.1. The number of amides is 2. The van der Waals surface area contributed by atoms with E-state index in [1.165, 1.54) is 22.7 Å². The van der Waals surface area contributed by atoms with E-state index in [-0.39, 0.29) is 5.69 Å². The van der Waals surface area contributed by atoms with Gasteiger partial charge in [0.05, 0.1) is 0 Å². The highest BCUT2D eigenvalue weighted by molar-refractivity contribution is 7.98. The van der Waals surface area contributed by atoms with Crippen molar-refractivity contribution in [2.45, 2.75) is 29.4 Å². The molecule has 3 rings (SSSR count). The number of carbonyl (C=O) groups excluding carboxylic acids is 1. The van der Waals surface area contributed by atoms with E-state index in [1.54, 1.807) is 17.4 Å². The van der Waals surface area contributed by atoms with Gasteiger partial charge in [-0.3, -0.25) is 5.43 Å². The van der Waals surface area contributed by atoms with Gasteiger partial charge in [0.25, 0.3) is 0 Å². The summed E-state index contributed by atoms with van der Waals surface area (Å²) < 4.78 is 14.4. The molecular weight excluding hydrogens is 335 g/mol. The summed E-state index contributed by atoms with van der Waals surface area (Å²) >= 11 is 3.14. The predicted octanol–water partition coefficient (Wildman–Crippen LogP) is 3.32. The number of thiophene rings is 1. The largest absolute Gasteiger partial charge is 0.350 e. The van der Waals surface area contributed by atoms with E-state index >= 15 is 0 Å². The molecule has 0 saturated heterocycles. The molecule has 1 heterocycles. The fourth-order valence-electron chi connectivity index (χ4n) is 2.36. The first-order valence-corrected chi connectivity index (χ1v) is 9.01. The van der Waals surface area contributed by atoms with Crippen LogP contribution in [0.3, 0.4) is 0 Å². The number of carbonyl (C=O) groups is 1. The van der Waals surface area contributed by atoms with Gasteiger partial charge in [-0.05, 0) is 41.8 Å². The average molecular weight is 352 g/mol. The van der Waals surface area contributed by atoms with Crippen LogP contribution in [0.15, 0.2) is 34.5 Å². The second-order valence-electron chi connectivity index (χ2n) is 5.28. The normalized spacial score (nSPS) is 13.9. The number of urea groups is 1. The van der Waals surface area contributed by atoms with Crippen molar-refractivity contribution >= 4 is 34.8 Å². The molecular formula is C15H17FN4OS2. The molecule has 2 amide bonds. The molecule has 5 N–H and O–H groups in total. The van der Waals surface area contributed by atoms with E-state index < -0.39 is 11.8 Å². The molecule has 8 heteroatoms. The average Bonchev–Trinajstić information content (AvgIpc) is 3.27. The number of anilines is 1. The zero-order valence-corrected chi connectivity index (χ0v) is 13.9. The molecule has 1 aliphatic rings. The Kier molecular flexibility index (Phi) is 4.86. The van der Waals surface area contributed by atoms with Gasteiger partial charge in [-0.15, -0.1) is 23.1 Å². The Morgan fingerprint density at radius 3 is 2.83 bits per heavy atom. The van der Waals surface area contributed by atoms with E-state index in [4.69, 9.17) is 11.7 Å². The molecule has 0 aliphatic heterocycles. The minimum Gasteiger partial charge on any atom is -0.274 e. The summed E-state index contributed by atoms with van der Waals surface area (Å²) in [6, 6.07) is 6.41. The Morgan fingerprint density at radius 1 is 1.43 bits per heavy atom. The van der Waals surface area contributed by atoms with Crippen LogP contribution < -0.4 is 22.1 Å². The maximum absolute atomic E-state index is 14.4. The molecule has 1 aliphatic carbocycles. The molecule has 0 spiro atoms. The molecule has 1 aromatic heterocycles. The lowest BCUT2D eigenvalue weighted by Crippen LogP contribution is -2.48. The van der Waals surface area contributed by atoms with Crippen molar-refractivity contribution in [1.82, 2.24) is 5.43 Å². The maximum Gasteiger partial charge on any atom is 0.350 e. The first kappa shape index (κ1) is 16.3. The molecule has 0 atom stereocenters. The SMILES string of the molecule is NNC(=O)N(N)c1c(F)ccc(C2CC2)c1SCc1cccs1. The van der Waals surface area contributed by atoms with Gasteiger partial charge in [-0.2, -0.15) is 0 Å². The van der Waals surface area contributed by atoms with Crippen molar-refractivity contribution in [3.63, 3.8) is 0 Å². The van der Waals surface area contributed by atoms with Crippen LogP contribution in [0.5, 0.6) is 0 Å². The summed E-state index contributed by atoms with van der Waals surface area (Å²) in [5.74, 6) is 11.5. The molecule has 5 nitrogen and oxygen atoms in total. The molecule has 0 bridgehead atoms. The molecule has 1 saturated carbocycles. The fraction of sp³-hybridized carbons (Fsp3) is 0.267. The van der Waals surface area contributed by atoms with Crippen LogP contribution in [0, 0.1) is 5.82 Å². The molecule has 1 fully saturated rings. The maximum atomic E-state index is 14.4. The third kappa shape index (κ3) is 3.50. The van der Waals surface area contributed by atoms with Crippen LogP contribution >= 0.6 is 23.1 Å². The van der Waals surface area contributed by atoms with Crippen LogP contribution in [-0.4, -0.2) is 6.03 Å². The summed E-state index contributed by atoms with van der Waals surface area (Å²) in [4.78, 5) is 13.6. The number of nitrogens with one attached hydrogen (secondary N) is 1. The smallest absolute Gasteiger partial charge is 0.274 e. The van der Waals surface area contributed by atoms with E-state index in [9.17, 15) is 9.18 Å². The van der Waals surface area contributed by atoms with E-state index in [1.807, 2.05) is 22.9 Å². The molecule has 0 unspecified atom stereocenters. The number of thioether (sulfide) groups is 1. The standard InChI is InChI=1S/C15H17FN4OS2/c16-12-6-5-11(9-3-4-9)14(13(12)20(18)15(21)19-17)23-8-10-2-1-7-22-10/h1-2,5-7,9H,3-4,8,17-18H2,(H,19,21). The number of nitrogens with zero attached hydrogens (tertiary/aromatic N) is 1. The topological polar surface area (TPSA) is 84.4 Å². The molecule has 2 aromatic rings. The van der Waals surface area contributed by atoms with E-state index in [0.717, 1.165) is 23.4 Å². The summed E-state index contributed by atoms with van der Waals surface area (Å²) in [5.41, 5.74) is 3.07. The zero-order chi connectivity index (χ0) is 16.4. The van der Waals surface area contributed by atoms with Crippen molar-refractivity contribution in [1.29, 1.82) is 0 Å². The minimum absolute atomic E-state index is 0.0823. The number of halogens is 1. The third-order valence-corrected chi connectivity index (χ3v) is 5.88. The fourth-order valence-corrected chi connectivity index (χ4v) is 4.42. The Hall–Kier alpha value is -1.61. The molecule has 1 aromatic carbocycles. The quantitative estimate of drug-likeness (QED) is 0.334. The zero-order valence-electron chi connectivity index (χ0n) is 12.3. The number of hydrogen-bond acceptors (Lipinski definition) is 5. The third-order valence-electron chi connectivity index (χ3n) is 3.65. The van der Waals surface area contributed by atoms with Crippen molar-refractivity contribution in [3.05, 3.63) is 45.9 Å². The van der Waals surface area contributed by atoms with Gasteiger partial charge in [-0.1, -0.05) is 12.1 Å². The second kappa shape index (κ2) is 6.88. The van der Waals surface area contributed by atoms with Gasteiger partial charge < -0.3 is 0 Å². The summed E-state index contributed by atoms with van der Waals surface area (Å²) in [6.07, 6.45) is 2.15. The number of benzene rings is 1. The van der Waals surface area contributed by atoms with Crippen LogP contribution in [-0.2, 0) is 5.75 Å². The number of rotatable bonds is 5. The number of nitrogens with two attached hydrogens (primary N) is 2. The summed E-state index contributed by atoms with van der Waals surface area (Å²) in [5, 5.41) is 2.75. The van der Waals surface area contributed by atoms with Crippen LogP contribution in [0.25, 0.3) is 0 Å². The second-order valence-corrected chi connectivity index (χ2v) is 7.29. The Labute approximate surface area is 141 Å². The highest BCUT2D eigenvalue weighted by Crippen LogP contribution is 2.48. The van der Waals surface area contributed by atoms with Gasteiger partial charge in [0, 0.05) is 15.5 Å². The van der Waals surface area contributed by atoms with Gasteiger partial charge in [0.1, 0.15) is 11.5 Å². The number of hydrogen-bond donors (Lipinski definition) is 3. The first-order valence-electron chi connectivity index (χ1n) is 7.14. The summed E-state index contributed by atoms with van der Waals surface area (Å²) in [7, 11) is 0. The molecule has 0 radical (unpaired) electrons. The predicted molar refractivity (Wildman–Crippen MR) is 91.6 cm³/mol. The van der Waals surface area contributed by atoms with E-state index in [2.05, 4.69) is 0 Å². The Bertz CT molecular complexity index is 704. The van der Waals surface area contributed by atoms with Crippen molar-refractivity contribution < 1.29 is 9.18 Å². The van der Waals surface area contributed by atoms with Crippen molar-refractivity contribution in [3.8, 4) is 0 Å². The highest BCUT2D eigenvalue weighted by atomic mass is 32.2. The highest BCUT2D eigenvalue weighted by Gasteiger charge is 2.30. The number of hydrazine groups is 2. The Balaban J connectivity index is 1.98. The molecule has 23 heavy (non-hydrogen) atoms. The van der Waals surface area contributed by atoms with Crippen molar-refractivity contribution in [2.75, 3.05) is 5.01 Å². The Morgan fingerprint density at radius 2 is 2.22 bits per heavy atom. The van der Waals surface area contributed by atoms with Gasteiger partial charge in [0.2, 0.25) is 0 Å². The van der Waals surface area contributed by atoms with Crippen molar-refractivity contribution in [2.24, 2.45) is 11.7 Å². The minimum atomic E-state index is -0.755. The lowest BCUT2D eigenvalue weighted by Gasteiger charge is -2.22. The summed E-state index contributed by atoms with van der Waals surface area (Å²) in [6.45, 7) is 0. The van der Waals surface area contributed by atoms with Gasteiger partial charge in [-0.25, -0.2) is 25.9 Å². The van der Waals surface area contributed by atoms with Crippen LogP contribution in [0.1, 0.15) is 29.2 Å². The van der Waals surface area contributed by atoms with Gasteiger partial charge in [0.15, 0.2) is 0 Å². The molecule has 122 valence electrons. The van der Waals surface area contributed by atoms with E-state index in [0.29, 0.717) is 16.6 Å². The monoisotopic (exact) mass is 352 g/mol.